The molecule has 0 aliphatic rings. The number of nitrogens with zero attached hydrogens (tertiary/aromatic N) is 2. The lowest BCUT2D eigenvalue weighted by atomic mass is 10.1. The van der Waals surface area contributed by atoms with Gasteiger partial charge in [-0.15, -0.1) is 0 Å². The minimum absolute atomic E-state index is 0.0349. The molecular formula is C28H31Cl2N3O4S. The summed E-state index contributed by atoms with van der Waals surface area (Å²) in [5.41, 5.74) is 1.81. The lowest BCUT2D eigenvalue weighted by Crippen LogP contribution is -2.52. The number of carbonyl (C=O) groups excluding carboxylic acids is 2. The molecule has 2 amide bonds. The maximum Gasteiger partial charge on any atom is 0.264 e. The predicted octanol–water partition coefficient (Wildman–Crippen LogP) is 5.44. The van der Waals surface area contributed by atoms with Gasteiger partial charge in [-0.3, -0.25) is 13.9 Å². The largest absolute Gasteiger partial charge is 0.355 e. The van der Waals surface area contributed by atoms with E-state index in [0.717, 1.165) is 9.87 Å². The van der Waals surface area contributed by atoms with Gasteiger partial charge in [0.15, 0.2) is 0 Å². The van der Waals surface area contributed by atoms with Gasteiger partial charge in [0.25, 0.3) is 10.0 Å². The maximum atomic E-state index is 13.9. The minimum Gasteiger partial charge on any atom is -0.355 e. The van der Waals surface area contributed by atoms with E-state index in [-0.39, 0.29) is 23.0 Å². The summed E-state index contributed by atoms with van der Waals surface area (Å²) >= 11 is 12.4. The number of likely N-dealkylation sites (N-methyl/N-ethyl adjacent to an activating group) is 1. The molecule has 38 heavy (non-hydrogen) atoms. The topological polar surface area (TPSA) is 86.8 Å². The highest BCUT2D eigenvalue weighted by Gasteiger charge is 2.33. The van der Waals surface area contributed by atoms with Crippen molar-refractivity contribution >= 4 is 50.7 Å². The summed E-state index contributed by atoms with van der Waals surface area (Å²) in [6, 6.07) is 18.8. The number of hydrogen-bond donors (Lipinski definition) is 1. The summed E-state index contributed by atoms with van der Waals surface area (Å²) in [5, 5.41) is 3.64. The van der Waals surface area contributed by atoms with Crippen molar-refractivity contribution in [1.82, 2.24) is 10.2 Å². The number of anilines is 1. The third-order valence-corrected chi connectivity index (χ3v) is 8.45. The van der Waals surface area contributed by atoms with Crippen molar-refractivity contribution < 1.29 is 18.0 Å². The van der Waals surface area contributed by atoms with E-state index in [1.165, 1.54) is 17.0 Å². The van der Waals surface area contributed by atoms with Crippen LogP contribution in [-0.2, 0) is 26.2 Å². The zero-order valence-electron chi connectivity index (χ0n) is 21.5. The fraction of sp³-hybridized carbons (Fsp3) is 0.286. The molecule has 0 heterocycles. The smallest absolute Gasteiger partial charge is 0.264 e. The lowest BCUT2D eigenvalue weighted by Gasteiger charge is -2.33. The molecule has 3 aromatic rings. The van der Waals surface area contributed by atoms with Gasteiger partial charge in [0.1, 0.15) is 12.6 Å². The number of aryl methyl sites for hydroxylation is 1. The van der Waals surface area contributed by atoms with Crippen LogP contribution in [0.4, 0.5) is 5.69 Å². The Morgan fingerprint density at radius 1 is 0.921 bits per heavy atom. The molecule has 0 saturated carbocycles. The van der Waals surface area contributed by atoms with E-state index in [0.29, 0.717) is 28.6 Å². The molecule has 0 aliphatic carbocycles. The van der Waals surface area contributed by atoms with Gasteiger partial charge in [-0.25, -0.2) is 8.42 Å². The fourth-order valence-corrected chi connectivity index (χ4v) is 5.73. The Morgan fingerprint density at radius 2 is 1.55 bits per heavy atom. The van der Waals surface area contributed by atoms with E-state index >= 15 is 0 Å². The van der Waals surface area contributed by atoms with Crippen molar-refractivity contribution in [3.05, 3.63) is 94.0 Å². The third-order valence-electron chi connectivity index (χ3n) is 6.04. The standard InChI is InChI=1S/C28H31Cl2N3O4S/c1-4-26(28(35)31-5-2)32(18-21-8-6-7-9-25(21)30)27(34)19-33(23-14-12-22(29)13-15-23)38(36,37)24-16-10-20(3)11-17-24/h6-17,26H,4-5,18-19H2,1-3H3,(H,31,35). The molecule has 1 atom stereocenters. The molecule has 0 aromatic heterocycles. The van der Waals surface area contributed by atoms with Gasteiger partial charge < -0.3 is 10.2 Å². The molecule has 1 N–H and O–H groups in total. The van der Waals surface area contributed by atoms with Crippen molar-refractivity contribution in [2.75, 3.05) is 17.4 Å². The van der Waals surface area contributed by atoms with Crippen molar-refractivity contribution in [2.24, 2.45) is 0 Å². The third kappa shape index (κ3) is 7.07. The van der Waals surface area contributed by atoms with Crippen LogP contribution in [-0.4, -0.2) is 44.3 Å². The average molecular weight is 577 g/mol. The number of carbonyl (C=O) groups is 2. The monoisotopic (exact) mass is 575 g/mol. The number of hydrogen-bond acceptors (Lipinski definition) is 4. The summed E-state index contributed by atoms with van der Waals surface area (Å²) < 4.78 is 28.6. The highest BCUT2D eigenvalue weighted by Crippen LogP contribution is 2.27. The van der Waals surface area contributed by atoms with E-state index in [9.17, 15) is 18.0 Å². The maximum absolute atomic E-state index is 13.9. The highest BCUT2D eigenvalue weighted by atomic mass is 35.5. The quantitative estimate of drug-likeness (QED) is 0.330. The van der Waals surface area contributed by atoms with E-state index < -0.39 is 28.5 Å². The Morgan fingerprint density at radius 3 is 2.13 bits per heavy atom. The van der Waals surface area contributed by atoms with E-state index in [4.69, 9.17) is 23.2 Å². The molecule has 202 valence electrons. The normalized spacial score (nSPS) is 12.0. The van der Waals surface area contributed by atoms with Gasteiger partial charge in [0.05, 0.1) is 10.6 Å². The summed E-state index contributed by atoms with van der Waals surface area (Å²) in [6.45, 7) is 5.34. The Bertz CT molecular complexity index is 1360. The van der Waals surface area contributed by atoms with Gasteiger partial charge >= 0.3 is 0 Å². The first-order valence-electron chi connectivity index (χ1n) is 12.2. The molecule has 7 nitrogen and oxygen atoms in total. The number of benzene rings is 3. The fourth-order valence-electron chi connectivity index (χ4n) is 4.00. The molecule has 0 radical (unpaired) electrons. The van der Waals surface area contributed by atoms with Crippen LogP contribution in [0.3, 0.4) is 0 Å². The molecule has 0 aliphatic heterocycles. The van der Waals surface area contributed by atoms with Gasteiger partial charge in [-0.05, 0) is 68.3 Å². The molecule has 0 bridgehead atoms. The Labute approximate surface area is 234 Å². The van der Waals surface area contributed by atoms with Gasteiger partial charge in [-0.1, -0.05) is 66.0 Å². The van der Waals surface area contributed by atoms with Crippen molar-refractivity contribution in [1.29, 1.82) is 0 Å². The van der Waals surface area contributed by atoms with E-state index in [1.807, 2.05) is 6.92 Å². The molecule has 1 unspecified atom stereocenters. The van der Waals surface area contributed by atoms with Crippen LogP contribution in [0.15, 0.2) is 77.7 Å². The summed E-state index contributed by atoms with van der Waals surface area (Å²) in [6.07, 6.45) is 0.327. The lowest BCUT2D eigenvalue weighted by molar-refractivity contribution is -0.140. The van der Waals surface area contributed by atoms with Crippen LogP contribution < -0.4 is 9.62 Å². The summed E-state index contributed by atoms with van der Waals surface area (Å²) in [4.78, 5) is 28.3. The number of nitrogens with one attached hydrogen (secondary N) is 1. The van der Waals surface area contributed by atoms with Crippen molar-refractivity contribution in [2.45, 2.75) is 44.7 Å². The average Bonchev–Trinajstić information content (AvgIpc) is 2.89. The van der Waals surface area contributed by atoms with Crippen molar-refractivity contribution in [3.63, 3.8) is 0 Å². The molecule has 10 heteroatoms. The van der Waals surface area contributed by atoms with E-state index in [1.54, 1.807) is 74.5 Å². The Balaban J connectivity index is 2.06. The number of amides is 2. The van der Waals surface area contributed by atoms with Crippen LogP contribution in [0.25, 0.3) is 0 Å². The van der Waals surface area contributed by atoms with Gasteiger partial charge in [0, 0.05) is 23.1 Å². The van der Waals surface area contributed by atoms with E-state index in [2.05, 4.69) is 5.32 Å². The summed E-state index contributed by atoms with van der Waals surface area (Å²) in [5.74, 6) is -0.872. The van der Waals surface area contributed by atoms with Crippen LogP contribution in [0, 0.1) is 6.92 Å². The predicted molar refractivity (Wildman–Crippen MR) is 152 cm³/mol. The molecule has 3 aromatic carbocycles. The Kier molecular flexibility index (Phi) is 10.2. The van der Waals surface area contributed by atoms with Crippen LogP contribution in [0.1, 0.15) is 31.4 Å². The van der Waals surface area contributed by atoms with Gasteiger partial charge in [-0.2, -0.15) is 0 Å². The highest BCUT2D eigenvalue weighted by molar-refractivity contribution is 7.92. The summed E-state index contributed by atoms with van der Waals surface area (Å²) in [7, 11) is -4.14. The van der Waals surface area contributed by atoms with Gasteiger partial charge in [0.2, 0.25) is 11.8 Å². The molecule has 0 spiro atoms. The Hall–Kier alpha value is -3.07. The SMILES string of the molecule is CCNC(=O)C(CC)N(Cc1ccccc1Cl)C(=O)CN(c1ccc(Cl)cc1)S(=O)(=O)c1ccc(C)cc1. The minimum atomic E-state index is -4.14. The molecular weight excluding hydrogens is 545 g/mol. The molecule has 0 saturated heterocycles. The molecule has 0 fully saturated rings. The number of rotatable bonds is 11. The first-order valence-corrected chi connectivity index (χ1v) is 14.4. The number of halogens is 2. The van der Waals surface area contributed by atoms with Crippen molar-refractivity contribution in [3.8, 4) is 0 Å². The first-order chi connectivity index (χ1) is 18.1. The second kappa shape index (κ2) is 13.1. The van der Waals surface area contributed by atoms with Crippen LogP contribution in [0.2, 0.25) is 10.0 Å². The molecule has 3 rings (SSSR count). The van der Waals surface area contributed by atoms with Crippen LogP contribution >= 0.6 is 23.2 Å². The van der Waals surface area contributed by atoms with Crippen LogP contribution in [0.5, 0.6) is 0 Å². The second-order valence-corrected chi connectivity index (χ2v) is 11.4. The first kappa shape index (κ1) is 29.5. The zero-order chi connectivity index (χ0) is 27.9. The zero-order valence-corrected chi connectivity index (χ0v) is 23.9. The number of sulfonamides is 1. The second-order valence-electron chi connectivity index (χ2n) is 8.73.